The van der Waals surface area contributed by atoms with Gasteiger partial charge >= 0.3 is 5.69 Å². The van der Waals surface area contributed by atoms with Gasteiger partial charge in [-0.15, -0.1) is 0 Å². The molecule has 0 aromatic heterocycles. The van der Waals surface area contributed by atoms with E-state index < -0.39 is 22.2 Å². The van der Waals surface area contributed by atoms with Crippen LogP contribution in [0.5, 0.6) is 0 Å². The van der Waals surface area contributed by atoms with Crippen LogP contribution in [0.4, 0.5) is 20.2 Å². The van der Waals surface area contributed by atoms with E-state index in [2.05, 4.69) is 15.5 Å². The average molecular weight is 286 g/mol. The highest BCUT2D eigenvalue weighted by molar-refractivity contribution is 5.62. The molecule has 8 heteroatoms. The third kappa shape index (κ3) is 3.61. The van der Waals surface area contributed by atoms with Gasteiger partial charge in [0.05, 0.1) is 4.92 Å². The quantitative estimate of drug-likeness (QED) is 0.628. The van der Waals surface area contributed by atoms with E-state index in [0.29, 0.717) is 19.2 Å². The Labute approximate surface area is 114 Å². The molecule has 0 bridgehead atoms. The molecule has 0 unspecified atom stereocenters. The summed E-state index contributed by atoms with van der Waals surface area (Å²) < 4.78 is 26.5. The van der Waals surface area contributed by atoms with Gasteiger partial charge in [0.2, 0.25) is 5.82 Å². The topological polar surface area (TPSA) is 70.4 Å². The minimum absolute atomic E-state index is 0.123. The molecule has 1 fully saturated rings. The number of piperazine rings is 1. The molecule has 1 heterocycles. The fourth-order valence-corrected chi connectivity index (χ4v) is 2.17. The van der Waals surface area contributed by atoms with Crippen molar-refractivity contribution in [1.82, 2.24) is 10.2 Å². The second-order valence-corrected chi connectivity index (χ2v) is 4.56. The van der Waals surface area contributed by atoms with E-state index in [4.69, 9.17) is 0 Å². The van der Waals surface area contributed by atoms with Gasteiger partial charge in [-0.3, -0.25) is 15.0 Å². The summed E-state index contributed by atoms with van der Waals surface area (Å²) in [4.78, 5) is 12.1. The van der Waals surface area contributed by atoms with Crippen molar-refractivity contribution in [2.75, 3.05) is 44.6 Å². The summed E-state index contributed by atoms with van der Waals surface area (Å²) in [6, 6.07) is 1.46. The predicted molar refractivity (Wildman–Crippen MR) is 70.8 cm³/mol. The van der Waals surface area contributed by atoms with Crippen LogP contribution in [-0.2, 0) is 0 Å². The lowest BCUT2D eigenvalue weighted by atomic mass is 10.2. The number of nitrogens with zero attached hydrogens (tertiary/aromatic N) is 2. The molecule has 0 spiro atoms. The van der Waals surface area contributed by atoms with Crippen LogP contribution < -0.4 is 10.6 Å². The molecule has 0 saturated carbocycles. The van der Waals surface area contributed by atoms with Crippen molar-refractivity contribution >= 4 is 11.4 Å². The number of nitro benzene ring substituents is 1. The Morgan fingerprint density at radius 1 is 1.35 bits per heavy atom. The number of rotatable bonds is 5. The van der Waals surface area contributed by atoms with Gasteiger partial charge < -0.3 is 10.6 Å². The molecule has 6 nitrogen and oxygen atoms in total. The molecular weight excluding hydrogens is 270 g/mol. The Balaban J connectivity index is 1.99. The van der Waals surface area contributed by atoms with Gasteiger partial charge in [-0.05, 0) is 0 Å². The molecule has 110 valence electrons. The molecule has 0 aliphatic carbocycles. The molecule has 0 atom stereocenters. The zero-order chi connectivity index (χ0) is 14.5. The van der Waals surface area contributed by atoms with Crippen molar-refractivity contribution in [1.29, 1.82) is 0 Å². The van der Waals surface area contributed by atoms with Crippen LogP contribution in [0.3, 0.4) is 0 Å². The summed E-state index contributed by atoms with van der Waals surface area (Å²) in [5, 5.41) is 16.8. The molecule has 1 aromatic rings. The smallest absolute Gasteiger partial charge is 0.327 e. The Hall–Kier alpha value is -1.80. The second-order valence-electron chi connectivity index (χ2n) is 4.56. The lowest BCUT2D eigenvalue weighted by molar-refractivity contribution is -0.386. The highest BCUT2D eigenvalue weighted by Crippen LogP contribution is 2.28. The fraction of sp³-hybridized carbons (Fsp3) is 0.500. The number of nitrogens with one attached hydrogen (secondary N) is 2. The third-order valence-electron chi connectivity index (χ3n) is 3.16. The number of benzene rings is 1. The van der Waals surface area contributed by atoms with E-state index in [1.807, 2.05) is 0 Å². The van der Waals surface area contributed by atoms with Gasteiger partial charge in [-0.25, -0.2) is 4.39 Å². The lowest BCUT2D eigenvalue weighted by Crippen LogP contribution is -2.45. The van der Waals surface area contributed by atoms with Crippen molar-refractivity contribution in [3.8, 4) is 0 Å². The third-order valence-corrected chi connectivity index (χ3v) is 3.16. The Morgan fingerprint density at radius 2 is 2.05 bits per heavy atom. The minimum Gasteiger partial charge on any atom is -0.378 e. The maximum Gasteiger partial charge on any atom is 0.327 e. The maximum atomic E-state index is 13.4. The van der Waals surface area contributed by atoms with Crippen LogP contribution in [0.15, 0.2) is 12.1 Å². The molecule has 20 heavy (non-hydrogen) atoms. The molecule has 1 aliphatic heterocycles. The summed E-state index contributed by atoms with van der Waals surface area (Å²) in [5.41, 5.74) is -0.839. The van der Waals surface area contributed by atoms with E-state index in [1.165, 1.54) is 0 Å². The summed E-state index contributed by atoms with van der Waals surface area (Å²) in [5.74, 6) is -2.00. The van der Waals surface area contributed by atoms with Crippen molar-refractivity contribution in [3.05, 3.63) is 33.9 Å². The van der Waals surface area contributed by atoms with Gasteiger partial charge in [0.15, 0.2) is 0 Å². The Bertz CT molecular complexity index is 493. The second kappa shape index (κ2) is 6.58. The summed E-state index contributed by atoms with van der Waals surface area (Å²) >= 11 is 0. The van der Waals surface area contributed by atoms with E-state index in [1.54, 1.807) is 0 Å². The predicted octanol–water partition coefficient (Wildman–Crippen LogP) is 1.19. The molecule has 2 rings (SSSR count). The number of halogens is 2. The molecule has 1 aliphatic rings. The first-order valence-electron chi connectivity index (χ1n) is 6.38. The zero-order valence-electron chi connectivity index (χ0n) is 10.9. The van der Waals surface area contributed by atoms with Gasteiger partial charge in [0.1, 0.15) is 11.5 Å². The summed E-state index contributed by atoms with van der Waals surface area (Å²) in [6.45, 7) is 4.63. The summed E-state index contributed by atoms with van der Waals surface area (Å²) in [6.07, 6.45) is 0. The zero-order valence-corrected chi connectivity index (χ0v) is 10.9. The molecule has 1 saturated heterocycles. The largest absolute Gasteiger partial charge is 0.378 e. The van der Waals surface area contributed by atoms with Gasteiger partial charge in [-0.2, -0.15) is 4.39 Å². The van der Waals surface area contributed by atoms with Gasteiger partial charge in [0, 0.05) is 51.4 Å². The number of hydrogen-bond donors (Lipinski definition) is 2. The molecule has 1 aromatic carbocycles. The standard InChI is InChI=1S/C12H16F2N4O2/c13-9-7-10(14)12(18(19)20)11(8-9)16-3-6-17-4-1-15-2-5-17/h7-8,15-16H,1-6H2. The first-order chi connectivity index (χ1) is 9.58. The van der Waals surface area contributed by atoms with Gasteiger partial charge in [-0.1, -0.05) is 0 Å². The molecular formula is C12H16F2N4O2. The lowest BCUT2D eigenvalue weighted by Gasteiger charge is -2.27. The number of nitro groups is 1. The van der Waals surface area contributed by atoms with Crippen LogP contribution >= 0.6 is 0 Å². The van der Waals surface area contributed by atoms with E-state index in [0.717, 1.165) is 32.2 Å². The van der Waals surface area contributed by atoms with Crippen LogP contribution in [0.2, 0.25) is 0 Å². The summed E-state index contributed by atoms with van der Waals surface area (Å²) in [7, 11) is 0. The minimum atomic E-state index is -1.17. The van der Waals surface area contributed by atoms with Crippen LogP contribution in [-0.4, -0.2) is 49.1 Å². The highest BCUT2D eigenvalue weighted by atomic mass is 19.1. The Kier molecular flexibility index (Phi) is 4.80. The van der Waals surface area contributed by atoms with Crippen LogP contribution in [0.1, 0.15) is 0 Å². The average Bonchev–Trinajstić information content (AvgIpc) is 2.38. The van der Waals surface area contributed by atoms with Crippen molar-refractivity contribution in [2.45, 2.75) is 0 Å². The molecule has 2 N–H and O–H groups in total. The molecule has 0 radical (unpaired) electrons. The highest BCUT2D eigenvalue weighted by Gasteiger charge is 2.22. The van der Waals surface area contributed by atoms with Gasteiger partial charge in [0.25, 0.3) is 0 Å². The monoisotopic (exact) mass is 286 g/mol. The first-order valence-corrected chi connectivity index (χ1v) is 6.38. The van der Waals surface area contributed by atoms with Crippen LogP contribution in [0.25, 0.3) is 0 Å². The number of anilines is 1. The van der Waals surface area contributed by atoms with E-state index in [-0.39, 0.29) is 5.69 Å². The van der Waals surface area contributed by atoms with E-state index >= 15 is 0 Å². The van der Waals surface area contributed by atoms with Crippen molar-refractivity contribution in [2.24, 2.45) is 0 Å². The first kappa shape index (κ1) is 14.6. The van der Waals surface area contributed by atoms with E-state index in [9.17, 15) is 18.9 Å². The maximum absolute atomic E-state index is 13.4. The normalized spacial score (nSPS) is 16.1. The number of hydrogen-bond acceptors (Lipinski definition) is 5. The van der Waals surface area contributed by atoms with Crippen LogP contribution in [0, 0.1) is 21.7 Å². The fourth-order valence-electron chi connectivity index (χ4n) is 2.17. The van der Waals surface area contributed by atoms with Crippen molar-refractivity contribution in [3.63, 3.8) is 0 Å². The molecule has 0 amide bonds. The SMILES string of the molecule is O=[N+]([O-])c1c(F)cc(F)cc1NCCN1CCNCC1. The van der Waals surface area contributed by atoms with Crippen molar-refractivity contribution < 1.29 is 13.7 Å². The Morgan fingerprint density at radius 3 is 2.70 bits per heavy atom.